The second kappa shape index (κ2) is 12.2. The molecule has 2 aromatic carbocycles. The lowest BCUT2D eigenvalue weighted by Crippen LogP contribution is -2.37. The standard InChI is InChI=1S/C24H29ClN2O4/c25-21-10-4-5-11-22(21)31-18-6-12-23(28)26-14-7-15-27(17-16-26)24(29)13-19-30-20-8-2-1-3-9-20/h1-5,8-11H,6-7,12-19H2. The van der Waals surface area contributed by atoms with Gasteiger partial charge in [0.25, 0.3) is 0 Å². The van der Waals surface area contributed by atoms with Crippen LogP contribution in [0.5, 0.6) is 11.5 Å². The molecule has 0 aliphatic carbocycles. The van der Waals surface area contributed by atoms with Gasteiger partial charge in [-0.2, -0.15) is 0 Å². The fourth-order valence-corrected chi connectivity index (χ4v) is 3.66. The van der Waals surface area contributed by atoms with Gasteiger partial charge in [-0.15, -0.1) is 0 Å². The van der Waals surface area contributed by atoms with Crippen LogP contribution < -0.4 is 9.47 Å². The molecule has 6 nitrogen and oxygen atoms in total. The average molecular weight is 445 g/mol. The first-order chi connectivity index (χ1) is 15.1. The van der Waals surface area contributed by atoms with Crippen molar-refractivity contribution in [3.05, 3.63) is 59.6 Å². The summed E-state index contributed by atoms with van der Waals surface area (Å²) in [5.41, 5.74) is 0. The molecule has 7 heteroatoms. The van der Waals surface area contributed by atoms with Crippen LogP contribution in [0.2, 0.25) is 5.02 Å². The second-order valence-electron chi connectivity index (χ2n) is 7.41. The summed E-state index contributed by atoms with van der Waals surface area (Å²) < 4.78 is 11.3. The zero-order valence-electron chi connectivity index (χ0n) is 17.7. The highest BCUT2D eigenvalue weighted by atomic mass is 35.5. The number of rotatable bonds is 9. The summed E-state index contributed by atoms with van der Waals surface area (Å²) in [6.07, 6.45) is 2.17. The van der Waals surface area contributed by atoms with Gasteiger partial charge < -0.3 is 19.3 Å². The van der Waals surface area contributed by atoms with Gasteiger partial charge in [0, 0.05) is 32.6 Å². The molecule has 0 saturated carbocycles. The first-order valence-electron chi connectivity index (χ1n) is 10.7. The lowest BCUT2D eigenvalue weighted by Gasteiger charge is -2.22. The van der Waals surface area contributed by atoms with Crippen molar-refractivity contribution in [1.29, 1.82) is 0 Å². The van der Waals surface area contributed by atoms with Gasteiger partial charge in [-0.25, -0.2) is 0 Å². The minimum atomic E-state index is 0.0679. The van der Waals surface area contributed by atoms with Crippen molar-refractivity contribution in [1.82, 2.24) is 9.80 Å². The molecule has 1 aliphatic heterocycles. The van der Waals surface area contributed by atoms with Crippen LogP contribution in [0.15, 0.2) is 54.6 Å². The third kappa shape index (κ3) is 7.47. The van der Waals surface area contributed by atoms with E-state index in [0.717, 1.165) is 12.2 Å². The SMILES string of the molecule is O=C(CCCOc1ccccc1Cl)N1CCCN(C(=O)CCOc2ccccc2)CC1. The minimum Gasteiger partial charge on any atom is -0.493 e. The number of benzene rings is 2. The van der Waals surface area contributed by atoms with Gasteiger partial charge in [0.15, 0.2) is 0 Å². The summed E-state index contributed by atoms with van der Waals surface area (Å²) >= 11 is 6.07. The predicted molar refractivity (Wildman–Crippen MR) is 121 cm³/mol. The van der Waals surface area contributed by atoms with Crippen LogP contribution in [0.4, 0.5) is 0 Å². The molecule has 0 unspecified atom stereocenters. The van der Waals surface area contributed by atoms with Gasteiger partial charge in [-0.1, -0.05) is 41.9 Å². The highest BCUT2D eigenvalue weighted by molar-refractivity contribution is 6.32. The van der Waals surface area contributed by atoms with Crippen LogP contribution >= 0.6 is 11.6 Å². The normalized spacial score (nSPS) is 14.1. The zero-order valence-corrected chi connectivity index (χ0v) is 18.4. The monoisotopic (exact) mass is 444 g/mol. The molecule has 0 radical (unpaired) electrons. The Kier molecular flexibility index (Phi) is 9.03. The van der Waals surface area contributed by atoms with Crippen molar-refractivity contribution >= 4 is 23.4 Å². The van der Waals surface area contributed by atoms with Crippen LogP contribution in [-0.4, -0.2) is 61.0 Å². The topological polar surface area (TPSA) is 59.1 Å². The zero-order chi connectivity index (χ0) is 21.9. The van der Waals surface area contributed by atoms with E-state index in [-0.39, 0.29) is 11.8 Å². The van der Waals surface area contributed by atoms with E-state index in [2.05, 4.69) is 0 Å². The van der Waals surface area contributed by atoms with Crippen LogP contribution in [0.25, 0.3) is 0 Å². The number of carbonyl (C=O) groups is 2. The van der Waals surface area contributed by atoms with Crippen LogP contribution in [0.1, 0.15) is 25.7 Å². The van der Waals surface area contributed by atoms with E-state index < -0.39 is 0 Å². The third-order valence-corrected chi connectivity index (χ3v) is 5.47. The molecule has 1 fully saturated rings. The Balaban J connectivity index is 1.34. The van der Waals surface area contributed by atoms with Gasteiger partial charge in [0.05, 0.1) is 24.7 Å². The van der Waals surface area contributed by atoms with E-state index in [0.29, 0.717) is 69.4 Å². The summed E-state index contributed by atoms with van der Waals surface area (Å²) in [4.78, 5) is 28.7. The maximum absolute atomic E-state index is 12.6. The van der Waals surface area contributed by atoms with Gasteiger partial charge in [0.2, 0.25) is 11.8 Å². The number of para-hydroxylation sites is 2. The van der Waals surface area contributed by atoms with Gasteiger partial charge in [-0.05, 0) is 37.1 Å². The first-order valence-corrected chi connectivity index (χ1v) is 11.1. The highest BCUT2D eigenvalue weighted by Gasteiger charge is 2.21. The van der Waals surface area contributed by atoms with Crippen molar-refractivity contribution in [2.75, 3.05) is 39.4 Å². The average Bonchev–Trinajstić information content (AvgIpc) is 3.05. The highest BCUT2D eigenvalue weighted by Crippen LogP contribution is 2.23. The molecule has 1 heterocycles. The Morgan fingerprint density at radius 1 is 0.774 bits per heavy atom. The lowest BCUT2D eigenvalue weighted by molar-refractivity contribution is -0.134. The number of hydrogen-bond acceptors (Lipinski definition) is 4. The molecule has 0 atom stereocenters. The van der Waals surface area contributed by atoms with Crippen LogP contribution in [0.3, 0.4) is 0 Å². The van der Waals surface area contributed by atoms with E-state index in [1.807, 2.05) is 58.3 Å². The lowest BCUT2D eigenvalue weighted by atomic mass is 10.2. The predicted octanol–water partition coefficient (Wildman–Crippen LogP) is 4.03. The summed E-state index contributed by atoms with van der Waals surface area (Å²) in [6.45, 7) is 3.27. The van der Waals surface area contributed by atoms with Gasteiger partial charge >= 0.3 is 0 Å². The summed E-state index contributed by atoms with van der Waals surface area (Å²) in [6, 6.07) is 16.8. The smallest absolute Gasteiger partial charge is 0.226 e. The second-order valence-corrected chi connectivity index (χ2v) is 7.82. The Labute approximate surface area is 188 Å². The molecule has 2 amide bonds. The van der Waals surface area contributed by atoms with Gasteiger partial charge in [-0.3, -0.25) is 9.59 Å². The van der Waals surface area contributed by atoms with Crippen molar-refractivity contribution in [2.24, 2.45) is 0 Å². The molecule has 1 saturated heterocycles. The number of nitrogens with zero attached hydrogens (tertiary/aromatic N) is 2. The van der Waals surface area contributed by atoms with E-state index in [9.17, 15) is 9.59 Å². The number of carbonyl (C=O) groups excluding carboxylic acids is 2. The Morgan fingerprint density at radius 3 is 2.13 bits per heavy atom. The van der Waals surface area contributed by atoms with E-state index in [1.54, 1.807) is 6.07 Å². The molecule has 0 aromatic heterocycles. The Morgan fingerprint density at radius 2 is 1.42 bits per heavy atom. The number of amides is 2. The molecule has 0 bridgehead atoms. The summed E-state index contributed by atoms with van der Waals surface area (Å²) in [5, 5.41) is 0.570. The fraction of sp³-hybridized carbons (Fsp3) is 0.417. The molecular formula is C24H29ClN2O4. The molecule has 166 valence electrons. The number of ether oxygens (including phenoxy) is 2. The van der Waals surface area contributed by atoms with E-state index in [4.69, 9.17) is 21.1 Å². The molecular weight excluding hydrogens is 416 g/mol. The van der Waals surface area contributed by atoms with Crippen molar-refractivity contribution in [3.8, 4) is 11.5 Å². The molecule has 31 heavy (non-hydrogen) atoms. The van der Waals surface area contributed by atoms with E-state index in [1.165, 1.54) is 0 Å². The Bertz CT molecular complexity index is 846. The maximum atomic E-state index is 12.6. The number of hydrogen-bond donors (Lipinski definition) is 0. The molecule has 1 aliphatic rings. The third-order valence-electron chi connectivity index (χ3n) is 5.16. The van der Waals surface area contributed by atoms with Crippen molar-refractivity contribution < 1.29 is 19.1 Å². The minimum absolute atomic E-state index is 0.0679. The molecule has 0 spiro atoms. The molecule has 3 rings (SSSR count). The number of halogens is 1. The largest absolute Gasteiger partial charge is 0.493 e. The fourth-order valence-electron chi connectivity index (χ4n) is 3.47. The van der Waals surface area contributed by atoms with Crippen molar-refractivity contribution in [3.63, 3.8) is 0 Å². The van der Waals surface area contributed by atoms with E-state index >= 15 is 0 Å². The molecule has 2 aromatic rings. The summed E-state index contributed by atoms with van der Waals surface area (Å²) in [5.74, 6) is 1.57. The Hall–Kier alpha value is -2.73. The van der Waals surface area contributed by atoms with Crippen molar-refractivity contribution in [2.45, 2.75) is 25.7 Å². The van der Waals surface area contributed by atoms with Crippen LogP contribution in [0, 0.1) is 0 Å². The molecule has 0 N–H and O–H groups in total. The first kappa shape index (κ1) is 22.9. The van der Waals surface area contributed by atoms with Crippen LogP contribution in [-0.2, 0) is 9.59 Å². The summed E-state index contributed by atoms with van der Waals surface area (Å²) in [7, 11) is 0. The van der Waals surface area contributed by atoms with Gasteiger partial charge in [0.1, 0.15) is 11.5 Å². The maximum Gasteiger partial charge on any atom is 0.226 e. The quantitative estimate of drug-likeness (QED) is 0.548.